The third kappa shape index (κ3) is 3.92. The second-order valence-electron chi connectivity index (χ2n) is 4.93. The summed E-state index contributed by atoms with van der Waals surface area (Å²) in [5.74, 6) is 0.0165. The van der Waals surface area contributed by atoms with E-state index in [0.29, 0.717) is 5.75 Å². The van der Waals surface area contributed by atoms with Crippen LogP contribution in [0.1, 0.15) is 0 Å². The summed E-state index contributed by atoms with van der Waals surface area (Å²) in [6.45, 7) is -0.298. The minimum Gasteiger partial charge on any atom is -0.597 e. The van der Waals surface area contributed by atoms with Gasteiger partial charge in [-0.2, -0.15) is 4.31 Å². The molecule has 24 heavy (non-hydrogen) atoms. The minimum absolute atomic E-state index is 0.100. The maximum absolute atomic E-state index is 12.6. The summed E-state index contributed by atoms with van der Waals surface area (Å²) in [7, 11) is -1.05. The lowest BCUT2D eigenvalue weighted by Gasteiger charge is -2.17. The van der Waals surface area contributed by atoms with Crippen LogP contribution in [0.15, 0.2) is 34.4 Å². The van der Waals surface area contributed by atoms with Crippen molar-refractivity contribution in [1.82, 2.24) is 9.21 Å². The van der Waals surface area contributed by atoms with Crippen LogP contribution in [0.25, 0.3) is 0 Å². The summed E-state index contributed by atoms with van der Waals surface area (Å²) < 4.78 is 31.3. The topological polar surface area (TPSA) is 115 Å². The molecular weight excluding hydrogens is 340 g/mol. The van der Waals surface area contributed by atoms with Crippen molar-refractivity contribution in [2.75, 3.05) is 40.5 Å². The van der Waals surface area contributed by atoms with Gasteiger partial charge in [-0.1, -0.05) is 0 Å². The predicted octanol–water partition coefficient (Wildman–Crippen LogP) is 0.00950. The highest BCUT2D eigenvalue weighted by atomic mass is 32.2. The van der Waals surface area contributed by atoms with E-state index in [1.54, 1.807) is 12.1 Å². The largest absolute Gasteiger partial charge is 0.597 e. The molecule has 0 bridgehead atoms. The zero-order chi connectivity index (χ0) is 17.7. The van der Waals surface area contributed by atoms with Gasteiger partial charge in [-0.25, -0.2) is 8.42 Å². The highest BCUT2D eigenvalue weighted by Crippen LogP contribution is 2.21. The number of methoxy groups -OCH3 is 1. The number of hydroxylamine groups is 1. The molecule has 0 aromatic heterocycles. The molecule has 1 amide bonds. The number of hydrogen-bond donors (Lipinski definition) is 0. The molecule has 2 rings (SSSR count). The average molecular weight is 358 g/mol. The molecule has 0 spiro atoms. The van der Waals surface area contributed by atoms with Crippen LogP contribution in [-0.4, -0.2) is 68.9 Å². The van der Waals surface area contributed by atoms with Crippen molar-refractivity contribution in [2.45, 2.75) is 4.90 Å². The minimum atomic E-state index is -3.72. The average Bonchev–Trinajstić information content (AvgIpc) is 3.06. The van der Waals surface area contributed by atoms with Gasteiger partial charge >= 0.3 is 0 Å². The maximum Gasteiger partial charge on any atom is 0.293 e. The first-order chi connectivity index (χ1) is 11.4. The van der Waals surface area contributed by atoms with E-state index in [9.17, 15) is 18.4 Å². The smallest absolute Gasteiger partial charge is 0.293 e. The summed E-state index contributed by atoms with van der Waals surface area (Å²) >= 11 is 0. The molecule has 0 aliphatic carbocycles. The Morgan fingerprint density at radius 2 is 1.96 bits per heavy atom. The van der Waals surface area contributed by atoms with Gasteiger partial charge < -0.3 is 19.7 Å². The number of nitrogens with zero attached hydrogens (tertiary/aromatic N) is 4. The van der Waals surface area contributed by atoms with Gasteiger partial charge in [0.1, 0.15) is 12.9 Å². The molecule has 1 aromatic rings. The standard InChI is InChI=1S/C13H18N4O6S/c1-22-11-3-5-12(6-4-11)24(20,21)16-8-7-15(10-16)13(18)9-17(19)14-23-2/h3-6H,7-10H2,1-2H3/b17-14-. The van der Waals surface area contributed by atoms with Crippen LogP contribution in [0.3, 0.4) is 0 Å². The van der Waals surface area contributed by atoms with Crippen molar-refractivity contribution in [3.8, 4) is 5.75 Å². The quantitative estimate of drug-likeness (QED) is 0.402. The Hall–Kier alpha value is -2.40. The van der Waals surface area contributed by atoms with Crippen molar-refractivity contribution in [3.05, 3.63) is 29.5 Å². The number of carbonyl (C=O) groups excluding carboxylic acids is 1. The lowest BCUT2D eigenvalue weighted by Crippen LogP contribution is -2.37. The van der Waals surface area contributed by atoms with Crippen molar-refractivity contribution in [2.24, 2.45) is 5.28 Å². The molecule has 1 aliphatic heterocycles. The van der Waals surface area contributed by atoms with E-state index in [1.165, 1.54) is 35.6 Å². The Bertz CT molecular complexity index is 718. The molecule has 1 aromatic carbocycles. The first kappa shape index (κ1) is 17.9. The van der Waals surface area contributed by atoms with E-state index in [-0.39, 0.29) is 29.5 Å². The number of sulfonamides is 1. The Balaban J connectivity index is 2.05. The molecule has 11 heteroatoms. The van der Waals surface area contributed by atoms with Crippen molar-refractivity contribution in [3.63, 3.8) is 0 Å². The highest BCUT2D eigenvalue weighted by Gasteiger charge is 2.34. The van der Waals surface area contributed by atoms with Crippen LogP contribution < -0.4 is 4.74 Å². The van der Waals surface area contributed by atoms with Crippen LogP contribution in [0.4, 0.5) is 0 Å². The summed E-state index contributed by atoms with van der Waals surface area (Å²) in [6.07, 6.45) is 0. The second-order valence-corrected chi connectivity index (χ2v) is 6.87. The van der Waals surface area contributed by atoms with E-state index in [2.05, 4.69) is 10.1 Å². The Morgan fingerprint density at radius 3 is 2.54 bits per heavy atom. The molecule has 10 nitrogen and oxygen atoms in total. The monoisotopic (exact) mass is 358 g/mol. The summed E-state index contributed by atoms with van der Waals surface area (Å²) in [5.41, 5.74) is 0. The zero-order valence-corrected chi connectivity index (χ0v) is 14.1. The van der Waals surface area contributed by atoms with Crippen molar-refractivity contribution in [1.29, 1.82) is 0 Å². The second kappa shape index (κ2) is 7.45. The molecule has 132 valence electrons. The van der Waals surface area contributed by atoms with Crippen molar-refractivity contribution < 1.29 is 27.6 Å². The van der Waals surface area contributed by atoms with Crippen LogP contribution in [0.2, 0.25) is 0 Å². The normalized spacial score (nSPS) is 16.2. The Kier molecular flexibility index (Phi) is 5.57. The third-order valence-corrected chi connectivity index (χ3v) is 5.29. The van der Waals surface area contributed by atoms with Gasteiger partial charge in [0.05, 0.1) is 18.7 Å². The number of ether oxygens (including phenoxy) is 1. The van der Waals surface area contributed by atoms with Crippen molar-refractivity contribution >= 4 is 15.9 Å². The SMILES string of the molecule is CO/N=[N+](\[O-])CC(=O)N1CCN(S(=O)(=O)c2ccc(OC)cc2)C1. The molecule has 1 saturated heterocycles. The molecule has 0 radical (unpaired) electrons. The molecule has 1 heterocycles. The lowest BCUT2D eigenvalue weighted by atomic mass is 10.3. The number of hydrogen-bond acceptors (Lipinski definition) is 7. The fourth-order valence-electron chi connectivity index (χ4n) is 2.20. The lowest BCUT2D eigenvalue weighted by molar-refractivity contribution is -0.547. The van der Waals surface area contributed by atoms with Gasteiger partial charge in [-0.3, -0.25) is 4.79 Å². The fraction of sp³-hybridized carbons (Fsp3) is 0.462. The van der Waals surface area contributed by atoms with E-state index in [1.807, 2.05) is 0 Å². The van der Waals surface area contributed by atoms with Gasteiger partial charge in [0.15, 0.2) is 5.28 Å². The Labute approximate surface area is 139 Å². The first-order valence-corrected chi connectivity index (χ1v) is 8.43. The molecule has 1 aliphatic rings. The number of amides is 1. The maximum atomic E-state index is 12.6. The molecule has 1 fully saturated rings. The Morgan fingerprint density at radius 1 is 1.29 bits per heavy atom. The van der Waals surface area contributed by atoms with Gasteiger partial charge in [0.2, 0.25) is 10.0 Å². The van der Waals surface area contributed by atoms with Crippen LogP contribution in [0, 0.1) is 5.21 Å². The summed E-state index contributed by atoms with van der Waals surface area (Å²) in [5, 5.41) is 14.3. The third-order valence-electron chi connectivity index (χ3n) is 3.44. The van der Waals surface area contributed by atoms with Crippen LogP contribution >= 0.6 is 0 Å². The van der Waals surface area contributed by atoms with E-state index >= 15 is 0 Å². The predicted molar refractivity (Wildman–Crippen MR) is 81.4 cm³/mol. The number of carbonyl (C=O) groups is 1. The van der Waals surface area contributed by atoms with E-state index < -0.39 is 22.5 Å². The fourth-order valence-corrected chi connectivity index (χ4v) is 3.59. The summed E-state index contributed by atoms with van der Waals surface area (Å²) in [6, 6.07) is 5.98. The van der Waals surface area contributed by atoms with Gasteiger partial charge in [0.25, 0.3) is 12.5 Å². The van der Waals surface area contributed by atoms with Gasteiger partial charge in [-0.15, -0.1) is 0 Å². The highest BCUT2D eigenvalue weighted by molar-refractivity contribution is 7.89. The molecule has 0 atom stereocenters. The molecular formula is C13H18N4O6S. The first-order valence-electron chi connectivity index (χ1n) is 6.99. The number of benzene rings is 1. The van der Waals surface area contributed by atoms with E-state index in [4.69, 9.17) is 4.74 Å². The van der Waals surface area contributed by atoms with Gasteiger partial charge in [0, 0.05) is 13.1 Å². The van der Waals surface area contributed by atoms with Gasteiger partial charge in [-0.05, 0) is 29.1 Å². The molecule has 0 unspecified atom stereocenters. The van der Waals surface area contributed by atoms with E-state index in [0.717, 1.165) is 0 Å². The zero-order valence-electron chi connectivity index (χ0n) is 13.3. The summed E-state index contributed by atoms with van der Waals surface area (Å²) in [4.78, 5) is 17.7. The molecule has 0 N–H and O–H groups in total. The molecule has 0 saturated carbocycles. The van der Waals surface area contributed by atoms with Crippen LogP contribution in [0.5, 0.6) is 5.75 Å². The van der Waals surface area contributed by atoms with Crippen LogP contribution in [-0.2, 0) is 19.7 Å². The number of rotatable bonds is 6.